The van der Waals surface area contributed by atoms with Crippen molar-refractivity contribution in [1.82, 2.24) is 0 Å². The average Bonchev–Trinajstić information content (AvgIpc) is 2.02. The summed E-state index contributed by atoms with van der Waals surface area (Å²) in [7, 11) is 0. The van der Waals surface area contributed by atoms with Crippen molar-refractivity contribution in [2.45, 2.75) is 6.18 Å². The Labute approximate surface area is 89.1 Å². The van der Waals surface area contributed by atoms with Crippen LogP contribution in [-0.4, -0.2) is 11.1 Å². The highest BCUT2D eigenvalue weighted by Crippen LogP contribution is 2.31. The summed E-state index contributed by atoms with van der Waals surface area (Å²) in [6.45, 7) is 0. The van der Waals surface area contributed by atoms with E-state index in [0.29, 0.717) is 6.07 Å². The third-order valence-electron chi connectivity index (χ3n) is 1.61. The average molecular weight is 242 g/mol. The van der Waals surface area contributed by atoms with Gasteiger partial charge in [0.25, 0.3) is 0 Å². The molecule has 1 aromatic rings. The molecule has 84 valence electrons. The Morgan fingerprint density at radius 1 is 1.33 bits per heavy atom. The summed E-state index contributed by atoms with van der Waals surface area (Å²) in [6, 6.07) is 2.17. The van der Waals surface area contributed by atoms with Crippen molar-refractivity contribution < 1.29 is 23.1 Å². The molecule has 0 aromatic heterocycles. The van der Waals surface area contributed by atoms with Crippen molar-refractivity contribution in [2.24, 2.45) is 0 Å². The topological polar surface area (TPSA) is 63.3 Å². The van der Waals surface area contributed by atoms with Gasteiger partial charge in [-0.3, -0.25) is 0 Å². The largest absolute Gasteiger partial charge is 0.478 e. The second-order valence-electron chi connectivity index (χ2n) is 2.60. The number of carbonyl (C=O) groups is 1. The summed E-state index contributed by atoms with van der Waals surface area (Å²) < 4.78 is 36.4. The minimum Gasteiger partial charge on any atom is -0.478 e. The van der Waals surface area contributed by atoms with Crippen LogP contribution < -0.4 is 5.73 Å². The zero-order valence-corrected chi connectivity index (χ0v) is 8.02. The van der Waals surface area contributed by atoms with Gasteiger partial charge in [-0.15, -0.1) is 12.4 Å². The predicted molar refractivity (Wildman–Crippen MR) is 50.1 cm³/mol. The molecule has 3 N–H and O–H groups in total. The standard InChI is InChI=1S/C8H6F3NO2.ClH/c9-8(10,11)4-1-2-6(12)5(3-4)7(13)14;/h1-3H,12H2,(H,13,14);1H. The Hall–Kier alpha value is -1.43. The molecule has 0 unspecified atom stereocenters. The van der Waals surface area contributed by atoms with Crippen LogP contribution >= 0.6 is 12.4 Å². The van der Waals surface area contributed by atoms with Gasteiger partial charge >= 0.3 is 12.1 Å². The smallest absolute Gasteiger partial charge is 0.416 e. The fourth-order valence-corrected chi connectivity index (χ4v) is 0.918. The summed E-state index contributed by atoms with van der Waals surface area (Å²) in [6.07, 6.45) is -4.56. The summed E-state index contributed by atoms with van der Waals surface area (Å²) in [5.41, 5.74) is 3.43. The molecule has 0 saturated heterocycles. The Morgan fingerprint density at radius 3 is 2.27 bits per heavy atom. The number of rotatable bonds is 1. The molecule has 0 bridgehead atoms. The SMILES string of the molecule is Cl.Nc1ccc(C(F)(F)F)cc1C(=O)O. The molecule has 0 spiro atoms. The van der Waals surface area contributed by atoms with Gasteiger partial charge in [0.2, 0.25) is 0 Å². The maximum absolute atomic E-state index is 12.1. The number of hydrogen-bond acceptors (Lipinski definition) is 2. The first-order valence-corrected chi connectivity index (χ1v) is 3.52. The van der Waals surface area contributed by atoms with Crippen molar-refractivity contribution in [2.75, 3.05) is 5.73 Å². The van der Waals surface area contributed by atoms with Crippen LogP contribution in [0.2, 0.25) is 0 Å². The third kappa shape index (κ3) is 3.02. The highest BCUT2D eigenvalue weighted by atomic mass is 35.5. The monoisotopic (exact) mass is 241 g/mol. The molecule has 0 aliphatic carbocycles. The number of benzene rings is 1. The van der Waals surface area contributed by atoms with Crippen molar-refractivity contribution in [3.8, 4) is 0 Å². The fraction of sp³-hybridized carbons (Fsp3) is 0.125. The molecule has 15 heavy (non-hydrogen) atoms. The molecule has 0 aliphatic heterocycles. The first kappa shape index (κ1) is 13.6. The summed E-state index contributed by atoms with van der Waals surface area (Å²) in [4.78, 5) is 10.5. The first-order valence-electron chi connectivity index (χ1n) is 3.52. The Bertz CT molecular complexity index is 379. The van der Waals surface area contributed by atoms with Gasteiger partial charge in [-0.2, -0.15) is 13.2 Å². The van der Waals surface area contributed by atoms with Crippen molar-refractivity contribution in [3.05, 3.63) is 29.3 Å². The lowest BCUT2D eigenvalue weighted by Crippen LogP contribution is -2.09. The molecule has 0 amide bonds. The lowest BCUT2D eigenvalue weighted by atomic mass is 10.1. The van der Waals surface area contributed by atoms with Gasteiger partial charge in [0, 0.05) is 5.69 Å². The fourth-order valence-electron chi connectivity index (χ4n) is 0.918. The minimum absolute atomic E-state index is 0. The van der Waals surface area contributed by atoms with Gasteiger partial charge < -0.3 is 10.8 Å². The van der Waals surface area contributed by atoms with Crippen LogP contribution in [-0.2, 0) is 6.18 Å². The number of alkyl halides is 3. The normalized spacial score (nSPS) is 10.6. The quantitative estimate of drug-likeness (QED) is 0.742. The first-order chi connectivity index (χ1) is 6.32. The van der Waals surface area contributed by atoms with E-state index in [0.717, 1.165) is 12.1 Å². The lowest BCUT2D eigenvalue weighted by Gasteiger charge is -2.08. The van der Waals surface area contributed by atoms with E-state index in [1.54, 1.807) is 0 Å². The molecule has 0 saturated carbocycles. The third-order valence-corrected chi connectivity index (χ3v) is 1.61. The Kier molecular flexibility index (Phi) is 3.97. The highest BCUT2D eigenvalue weighted by molar-refractivity contribution is 5.93. The molecular weight excluding hydrogens is 235 g/mol. The van der Waals surface area contributed by atoms with Crippen molar-refractivity contribution in [1.29, 1.82) is 0 Å². The minimum atomic E-state index is -4.56. The van der Waals surface area contributed by atoms with Crippen LogP contribution in [0, 0.1) is 0 Å². The second kappa shape index (κ2) is 4.39. The number of nitrogens with two attached hydrogens (primary N) is 1. The maximum atomic E-state index is 12.1. The molecule has 0 atom stereocenters. The number of hydrogen-bond donors (Lipinski definition) is 2. The van der Waals surface area contributed by atoms with Crippen LogP contribution in [0.5, 0.6) is 0 Å². The van der Waals surface area contributed by atoms with E-state index in [2.05, 4.69) is 0 Å². The number of carboxylic acid groups (broad SMARTS) is 1. The van der Waals surface area contributed by atoms with Crippen LogP contribution in [0.3, 0.4) is 0 Å². The summed E-state index contributed by atoms with van der Waals surface area (Å²) >= 11 is 0. The van der Waals surface area contributed by atoms with E-state index < -0.39 is 23.3 Å². The second-order valence-corrected chi connectivity index (χ2v) is 2.60. The Balaban J connectivity index is 0.00000196. The number of halogens is 4. The predicted octanol–water partition coefficient (Wildman–Crippen LogP) is 2.41. The molecular formula is C8H7ClF3NO2. The van der Waals surface area contributed by atoms with Gasteiger partial charge in [0.1, 0.15) is 0 Å². The van der Waals surface area contributed by atoms with E-state index in [-0.39, 0.29) is 18.1 Å². The van der Waals surface area contributed by atoms with Gasteiger partial charge in [-0.1, -0.05) is 0 Å². The summed E-state index contributed by atoms with van der Waals surface area (Å²) in [5, 5.41) is 8.51. The van der Waals surface area contributed by atoms with Gasteiger partial charge in [0.15, 0.2) is 0 Å². The molecule has 1 rings (SSSR count). The lowest BCUT2D eigenvalue weighted by molar-refractivity contribution is -0.137. The van der Waals surface area contributed by atoms with E-state index in [9.17, 15) is 18.0 Å². The maximum Gasteiger partial charge on any atom is 0.416 e. The summed E-state index contributed by atoms with van der Waals surface area (Å²) in [5.74, 6) is -1.48. The zero-order valence-electron chi connectivity index (χ0n) is 7.21. The molecule has 7 heteroatoms. The van der Waals surface area contributed by atoms with Crippen molar-refractivity contribution >= 4 is 24.1 Å². The van der Waals surface area contributed by atoms with E-state index in [1.807, 2.05) is 0 Å². The van der Waals surface area contributed by atoms with Gasteiger partial charge in [0.05, 0.1) is 11.1 Å². The molecule has 0 heterocycles. The molecule has 0 aliphatic rings. The Morgan fingerprint density at radius 2 is 1.87 bits per heavy atom. The zero-order chi connectivity index (χ0) is 10.9. The van der Waals surface area contributed by atoms with E-state index in [4.69, 9.17) is 10.8 Å². The molecule has 0 radical (unpaired) electrons. The van der Waals surface area contributed by atoms with Crippen LogP contribution in [0.15, 0.2) is 18.2 Å². The van der Waals surface area contributed by atoms with E-state index >= 15 is 0 Å². The number of nitrogen functional groups attached to an aromatic ring is 1. The van der Waals surface area contributed by atoms with Crippen LogP contribution in [0.4, 0.5) is 18.9 Å². The van der Waals surface area contributed by atoms with Crippen LogP contribution in [0.1, 0.15) is 15.9 Å². The van der Waals surface area contributed by atoms with Crippen LogP contribution in [0.25, 0.3) is 0 Å². The number of anilines is 1. The van der Waals surface area contributed by atoms with Crippen molar-refractivity contribution in [3.63, 3.8) is 0 Å². The number of aromatic carboxylic acids is 1. The van der Waals surface area contributed by atoms with Gasteiger partial charge in [-0.25, -0.2) is 4.79 Å². The number of carboxylic acids is 1. The van der Waals surface area contributed by atoms with E-state index in [1.165, 1.54) is 0 Å². The molecule has 0 fully saturated rings. The molecule has 1 aromatic carbocycles. The molecule has 3 nitrogen and oxygen atoms in total. The highest BCUT2D eigenvalue weighted by Gasteiger charge is 2.31. The van der Waals surface area contributed by atoms with Gasteiger partial charge in [-0.05, 0) is 18.2 Å².